The summed E-state index contributed by atoms with van der Waals surface area (Å²) in [5.41, 5.74) is 0.465. The van der Waals surface area contributed by atoms with E-state index in [1.807, 2.05) is 24.4 Å². The first-order valence-corrected chi connectivity index (χ1v) is 7.43. The molecule has 2 aromatic heterocycles. The molecule has 1 saturated heterocycles. The predicted molar refractivity (Wildman–Crippen MR) is 75.0 cm³/mol. The third-order valence-electron chi connectivity index (χ3n) is 3.60. The van der Waals surface area contributed by atoms with Crippen molar-refractivity contribution in [3.63, 3.8) is 0 Å². The summed E-state index contributed by atoms with van der Waals surface area (Å²) < 4.78 is 5.51. The lowest BCUT2D eigenvalue weighted by Crippen LogP contribution is -2.41. The van der Waals surface area contributed by atoms with E-state index in [0.717, 1.165) is 43.0 Å². The largest absolute Gasteiger partial charge is 0.444 e. The summed E-state index contributed by atoms with van der Waals surface area (Å²) in [5.74, 6) is 0.703. The summed E-state index contributed by atoms with van der Waals surface area (Å²) in [7, 11) is 0. The van der Waals surface area contributed by atoms with E-state index < -0.39 is 5.60 Å². The first kappa shape index (κ1) is 12.8. The molecule has 0 spiro atoms. The Labute approximate surface area is 116 Å². The van der Waals surface area contributed by atoms with Crippen LogP contribution in [0.5, 0.6) is 0 Å². The van der Waals surface area contributed by atoms with E-state index in [1.165, 1.54) is 0 Å². The Morgan fingerprint density at radius 2 is 2.26 bits per heavy atom. The van der Waals surface area contributed by atoms with Crippen LogP contribution in [0.1, 0.15) is 25.5 Å². The highest BCUT2D eigenvalue weighted by Crippen LogP contribution is 2.25. The van der Waals surface area contributed by atoms with Gasteiger partial charge in [0.15, 0.2) is 0 Å². The molecule has 0 aliphatic carbocycles. The van der Waals surface area contributed by atoms with Crippen molar-refractivity contribution in [2.75, 3.05) is 13.1 Å². The third-order valence-corrected chi connectivity index (χ3v) is 4.46. The second kappa shape index (κ2) is 5.07. The van der Waals surface area contributed by atoms with Gasteiger partial charge in [0, 0.05) is 19.6 Å². The molecular formula is C14H18N2O2S. The van der Waals surface area contributed by atoms with E-state index >= 15 is 0 Å². The molecule has 1 N–H and O–H groups in total. The van der Waals surface area contributed by atoms with Gasteiger partial charge < -0.3 is 9.52 Å². The van der Waals surface area contributed by atoms with Crippen molar-refractivity contribution < 1.29 is 9.52 Å². The summed E-state index contributed by atoms with van der Waals surface area (Å²) in [6.45, 7) is 4.53. The van der Waals surface area contributed by atoms with Crippen LogP contribution in [-0.2, 0) is 6.54 Å². The Bertz CT molecular complexity index is 523. The minimum atomic E-state index is -0.498. The Morgan fingerprint density at radius 1 is 1.47 bits per heavy atom. The zero-order chi connectivity index (χ0) is 13.3. The number of aliphatic hydroxyl groups is 1. The first-order valence-electron chi connectivity index (χ1n) is 6.55. The molecule has 1 aliphatic heterocycles. The van der Waals surface area contributed by atoms with E-state index in [0.29, 0.717) is 5.89 Å². The molecule has 0 aromatic carbocycles. The molecule has 1 fully saturated rings. The average Bonchev–Trinajstić information content (AvgIpc) is 3.02. The number of aromatic nitrogens is 1. The molecule has 102 valence electrons. The van der Waals surface area contributed by atoms with Crippen molar-refractivity contribution in [2.24, 2.45) is 0 Å². The highest BCUT2D eigenvalue weighted by Gasteiger charge is 2.27. The van der Waals surface area contributed by atoms with Crippen molar-refractivity contribution >= 4 is 11.3 Å². The molecule has 3 heterocycles. The molecule has 1 aliphatic rings. The van der Waals surface area contributed by atoms with Gasteiger partial charge in [-0.1, -0.05) is 6.07 Å². The van der Waals surface area contributed by atoms with Crippen molar-refractivity contribution in [3.05, 3.63) is 29.5 Å². The van der Waals surface area contributed by atoms with Gasteiger partial charge in [-0.15, -0.1) is 11.3 Å². The molecule has 0 amide bonds. The molecular weight excluding hydrogens is 260 g/mol. The Balaban J connectivity index is 1.62. The normalized spacial score (nSPS) is 19.7. The average molecular weight is 278 g/mol. The number of piperidine rings is 1. The lowest BCUT2D eigenvalue weighted by Gasteiger charge is -2.35. The Morgan fingerprint density at radius 3 is 2.95 bits per heavy atom. The lowest BCUT2D eigenvalue weighted by molar-refractivity contribution is -0.00757. The Kier molecular flexibility index (Phi) is 3.43. The molecule has 0 bridgehead atoms. The van der Waals surface area contributed by atoms with E-state index in [1.54, 1.807) is 17.6 Å². The smallest absolute Gasteiger partial charge is 0.236 e. The molecule has 19 heavy (non-hydrogen) atoms. The number of nitrogens with zero attached hydrogens (tertiary/aromatic N) is 2. The predicted octanol–water partition coefficient (Wildman–Crippen LogP) is 2.75. The van der Waals surface area contributed by atoms with Gasteiger partial charge in [0.2, 0.25) is 5.89 Å². The minimum absolute atomic E-state index is 0.498. The summed E-state index contributed by atoms with van der Waals surface area (Å²) in [6, 6.07) is 4.01. The number of oxazole rings is 1. The minimum Gasteiger partial charge on any atom is -0.444 e. The van der Waals surface area contributed by atoms with Crippen LogP contribution in [0.4, 0.5) is 0 Å². The van der Waals surface area contributed by atoms with Crippen LogP contribution in [0.2, 0.25) is 0 Å². The monoisotopic (exact) mass is 278 g/mol. The van der Waals surface area contributed by atoms with Gasteiger partial charge in [-0.05, 0) is 31.2 Å². The van der Waals surface area contributed by atoms with Gasteiger partial charge in [-0.3, -0.25) is 4.90 Å². The standard InChI is InChI=1S/C14H18N2O2S/c1-14(17)4-6-16(7-5-14)9-11-10-18-13(15-11)12-3-2-8-19-12/h2-3,8,10,17H,4-7,9H2,1H3. The van der Waals surface area contributed by atoms with Gasteiger partial charge in [-0.2, -0.15) is 0 Å². The first-order chi connectivity index (χ1) is 9.12. The lowest BCUT2D eigenvalue weighted by atomic mass is 9.94. The topological polar surface area (TPSA) is 49.5 Å². The molecule has 0 atom stereocenters. The number of likely N-dealkylation sites (tertiary alicyclic amines) is 1. The number of rotatable bonds is 3. The fourth-order valence-electron chi connectivity index (χ4n) is 2.31. The van der Waals surface area contributed by atoms with E-state index in [2.05, 4.69) is 9.88 Å². The van der Waals surface area contributed by atoms with Crippen molar-refractivity contribution in [3.8, 4) is 10.8 Å². The zero-order valence-electron chi connectivity index (χ0n) is 11.0. The maximum absolute atomic E-state index is 9.93. The van der Waals surface area contributed by atoms with Crippen LogP contribution < -0.4 is 0 Å². The van der Waals surface area contributed by atoms with Crippen LogP contribution in [0.3, 0.4) is 0 Å². The summed E-state index contributed by atoms with van der Waals surface area (Å²) in [6.07, 6.45) is 3.38. The van der Waals surface area contributed by atoms with Crippen LogP contribution in [0.25, 0.3) is 10.8 Å². The fraction of sp³-hybridized carbons (Fsp3) is 0.500. The van der Waals surface area contributed by atoms with E-state index in [-0.39, 0.29) is 0 Å². The maximum atomic E-state index is 9.93. The van der Waals surface area contributed by atoms with Crippen molar-refractivity contribution in [1.29, 1.82) is 0 Å². The molecule has 0 unspecified atom stereocenters. The van der Waals surface area contributed by atoms with Crippen LogP contribution in [0.15, 0.2) is 28.2 Å². The molecule has 4 nitrogen and oxygen atoms in total. The number of hydrogen-bond donors (Lipinski definition) is 1. The summed E-state index contributed by atoms with van der Waals surface area (Å²) in [5, 5.41) is 11.9. The van der Waals surface area contributed by atoms with Crippen LogP contribution >= 0.6 is 11.3 Å². The highest BCUT2D eigenvalue weighted by molar-refractivity contribution is 7.13. The van der Waals surface area contributed by atoms with Crippen LogP contribution in [-0.4, -0.2) is 33.7 Å². The van der Waals surface area contributed by atoms with Gasteiger partial charge >= 0.3 is 0 Å². The fourth-order valence-corrected chi connectivity index (χ4v) is 2.97. The number of hydrogen-bond acceptors (Lipinski definition) is 5. The van der Waals surface area contributed by atoms with Crippen LogP contribution in [0, 0.1) is 0 Å². The van der Waals surface area contributed by atoms with E-state index in [4.69, 9.17) is 4.42 Å². The van der Waals surface area contributed by atoms with Gasteiger partial charge in [0.25, 0.3) is 0 Å². The molecule has 5 heteroatoms. The SMILES string of the molecule is CC1(O)CCN(Cc2coc(-c3cccs3)n2)CC1. The molecule has 0 saturated carbocycles. The van der Waals surface area contributed by atoms with Gasteiger partial charge in [0.1, 0.15) is 6.26 Å². The maximum Gasteiger partial charge on any atom is 0.236 e. The van der Waals surface area contributed by atoms with Gasteiger partial charge in [0.05, 0.1) is 16.2 Å². The molecule has 0 radical (unpaired) electrons. The number of thiophene rings is 1. The summed E-state index contributed by atoms with van der Waals surface area (Å²) in [4.78, 5) is 7.90. The third kappa shape index (κ3) is 3.05. The Hall–Kier alpha value is -1.17. The summed E-state index contributed by atoms with van der Waals surface area (Å²) >= 11 is 1.63. The second-order valence-corrected chi connectivity index (χ2v) is 6.34. The van der Waals surface area contributed by atoms with Gasteiger partial charge in [-0.25, -0.2) is 4.98 Å². The van der Waals surface area contributed by atoms with E-state index in [9.17, 15) is 5.11 Å². The second-order valence-electron chi connectivity index (χ2n) is 5.39. The van der Waals surface area contributed by atoms with Crippen molar-refractivity contribution in [2.45, 2.75) is 31.9 Å². The molecule has 2 aromatic rings. The zero-order valence-corrected chi connectivity index (χ0v) is 11.8. The highest BCUT2D eigenvalue weighted by atomic mass is 32.1. The van der Waals surface area contributed by atoms with Crippen molar-refractivity contribution in [1.82, 2.24) is 9.88 Å². The molecule has 3 rings (SSSR count). The quantitative estimate of drug-likeness (QED) is 0.938.